The minimum Gasteiger partial charge on any atom is -0.465 e. The summed E-state index contributed by atoms with van der Waals surface area (Å²) < 4.78 is 30.6. The fourth-order valence-corrected chi connectivity index (χ4v) is 5.28. The van der Waals surface area contributed by atoms with Crippen molar-refractivity contribution in [2.45, 2.75) is 39.0 Å². The Hall–Kier alpha value is -5.92. The summed E-state index contributed by atoms with van der Waals surface area (Å²) in [4.78, 5) is 46.1. The molecule has 3 heterocycles. The Kier molecular flexibility index (Phi) is 8.50. The Morgan fingerprint density at radius 3 is 2.54 bits per heavy atom. The number of amidine groups is 1. The van der Waals surface area contributed by atoms with E-state index in [-0.39, 0.29) is 12.2 Å². The maximum atomic E-state index is 13.3. The molecule has 0 spiro atoms. The maximum absolute atomic E-state index is 13.3. The van der Waals surface area contributed by atoms with E-state index in [1.165, 1.54) is 12.3 Å². The predicted molar refractivity (Wildman–Crippen MR) is 161 cm³/mol. The second kappa shape index (κ2) is 13.0. The zero-order chi connectivity index (χ0) is 32.1. The van der Waals surface area contributed by atoms with Crippen LogP contribution in [-0.4, -0.2) is 57.3 Å². The summed E-state index contributed by atoms with van der Waals surface area (Å²) in [5.41, 5.74) is 3.49. The summed E-state index contributed by atoms with van der Waals surface area (Å²) in [5.74, 6) is -0.656. The van der Waals surface area contributed by atoms with Gasteiger partial charge in [0.15, 0.2) is 18.2 Å². The number of aromatic amines is 1. The molecule has 0 saturated carbocycles. The van der Waals surface area contributed by atoms with Crippen LogP contribution in [0.4, 0.5) is 4.79 Å². The van der Waals surface area contributed by atoms with Crippen LogP contribution in [0.25, 0.3) is 22.5 Å². The van der Waals surface area contributed by atoms with Gasteiger partial charge >= 0.3 is 17.9 Å². The number of fused-ring (bicyclic) bond motifs is 1. The largest absolute Gasteiger partial charge is 0.511 e. The fourth-order valence-electron chi connectivity index (χ4n) is 5.28. The first-order valence-electron chi connectivity index (χ1n) is 14.4. The van der Waals surface area contributed by atoms with Gasteiger partial charge in [0.25, 0.3) is 6.02 Å². The fraction of sp³-hybridized carbons (Fsp3) is 0.250. The predicted octanol–water partition coefficient (Wildman–Crippen LogP) is 4.72. The number of nitrogens with zero attached hydrogens (tertiary/aromatic N) is 4. The van der Waals surface area contributed by atoms with E-state index >= 15 is 0 Å². The van der Waals surface area contributed by atoms with Crippen molar-refractivity contribution in [3.63, 3.8) is 0 Å². The van der Waals surface area contributed by atoms with Gasteiger partial charge < -0.3 is 23.5 Å². The number of aromatic nitrogens is 3. The molecule has 1 N–H and O–H groups in total. The quantitative estimate of drug-likeness (QED) is 0.190. The van der Waals surface area contributed by atoms with Gasteiger partial charge in [0, 0.05) is 11.6 Å². The van der Waals surface area contributed by atoms with E-state index in [4.69, 9.17) is 33.0 Å². The van der Waals surface area contributed by atoms with Crippen LogP contribution in [0, 0.1) is 0 Å². The summed E-state index contributed by atoms with van der Waals surface area (Å²) in [5, 5.41) is 7.36. The highest BCUT2D eigenvalue weighted by Crippen LogP contribution is 2.42. The van der Waals surface area contributed by atoms with Crippen molar-refractivity contribution in [1.29, 1.82) is 0 Å². The lowest BCUT2D eigenvalue weighted by atomic mass is 9.86. The van der Waals surface area contributed by atoms with Crippen LogP contribution < -0.4 is 5.76 Å². The van der Waals surface area contributed by atoms with Crippen molar-refractivity contribution < 1.29 is 37.6 Å². The van der Waals surface area contributed by atoms with Crippen LogP contribution in [0.1, 0.15) is 31.6 Å². The number of aliphatic imine (C=N–C) groups is 1. The summed E-state index contributed by atoms with van der Waals surface area (Å²) in [6, 6.07) is 17.3. The van der Waals surface area contributed by atoms with Gasteiger partial charge in [-0.1, -0.05) is 64.9 Å². The Balaban J connectivity index is 1.20. The summed E-state index contributed by atoms with van der Waals surface area (Å²) >= 11 is 0. The van der Waals surface area contributed by atoms with E-state index in [9.17, 15) is 14.4 Å². The molecule has 0 bridgehead atoms. The molecule has 0 amide bonds. The summed E-state index contributed by atoms with van der Waals surface area (Å²) in [6.07, 6.45) is 4.44. The van der Waals surface area contributed by atoms with Gasteiger partial charge in [0.1, 0.15) is 5.54 Å². The number of hydrogen-bond acceptors (Lipinski definition) is 13. The molecular weight excluding hydrogens is 598 g/mol. The average molecular weight is 628 g/mol. The van der Waals surface area contributed by atoms with Gasteiger partial charge in [-0.2, -0.15) is 0 Å². The van der Waals surface area contributed by atoms with E-state index in [1.807, 2.05) is 73.4 Å². The summed E-state index contributed by atoms with van der Waals surface area (Å²) in [7, 11) is 0. The molecule has 14 nitrogen and oxygen atoms in total. The molecule has 6 rings (SSSR count). The molecule has 1 unspecified atom stereocenters. The first kappa shape index (κ1) is 30.1. The van der Waals surface area contributed by atoms with Crippen molar-refractivity contribution in [1.82, 2.24) is 20.2 Å². The van der Waals surface area contributed by atoms with Gasteiger partial charge in [-0.3, -0.25) is 14.4 Å². The minimum atomic E-state index is -1.03. The molecule has 2 aromatic carbocycles. The van der Waals surface area contributed by atoms with Crippen molar-refractivity contribution >= 4 is 18.1 Å². The Morgan fingerprint density at radius 2 is 1.83 bits per heavy atom. The number of ether oxygens (including phenoxy) is 4. The van der Waals surface area contributed by atoms with E-state index in [0.717, 1.165) is 22.3 Å². The van der Waals surface area contributed by atoms with Gasteiger partial charge in [-0.15, -0.1) is 0 Å². The van der Waals surface area contributed by atoms with Crippen molar-refractivity contribution in [2.24, 2.45) is 4.99 Å². The number of H-pyrrole nitrogens is 1. The maximum Gasteiger partial charge on any atom is 0.511 e. The number of carbonyl (C=O) groups excluding carboxylic acids is 2. The number of carbonyl (C=O) groups is 2. The minimum absolute atomic E-state index is 0.175. The molecule has 1 aliphatic heterocycles. The second-order valence-electron chi connectivity index (χ2n) is 10.5. The third-order valence-corrected chi connectivity index (χ3v) is 7.32. The molecule has 2 aliphatic rings. The molecule has 2 aromatic heterocycles. The molecule has 1 aliphatic carbocycles. The SMILES string of the molecule is CCOC1=NC2(C)CC=CC(C(=O)OCOC(=O)OCc3ccno3)=C2N1Cc1ccc(-c2ccccc2-c2noc(=O)[nH]2)cc1. The lowest BCUT2D eigenvalue weighted by Crippen LogP contribution is -2.36. The van der Waals surface area contributed by atoms with Crippen LogP contribution in [0.5, 0.6) is 0 Å². The molecule has 1 atom stereocenters. The molecule has 236 valence electrons. The third kappa shape index (κ3) is 6.31. The van der Waals surface area contributed by atoms with Crippen molar-refractivity contribution in [2.75, 3.05) is 13.4 Å². The van der Waals surface area contributed by atoms with Crippen LogP contribution in [-0.2, 0) is 36.9 Å². The number of hydrogen-bond donors (Lipinski definition) is 1. The lowest BCUT2D eigenvalue weighted by Gasteiger charge is -2.31. The zero-order valence-corrected chi connectivity index (χ0v) is 24.9. The van der Waals surface area contributed by atoms with Crippen LogP contribution in [0.2, 0.25) is 0 Å². The first-order chi connectivity index (χ1) is 22.3. The van der Waals surface area contributed by atoms with E-state index in [0.29, 0.717) is 42.9 Å². The Labute approximate surface area is 261 Å². The first-order valence-corrected chi connectivity index (χ1v) is 14.4. The van der Waals surface area contributed by atoms with Gasteiger partial charge in [0.2, 0.25) is 6.79 Å². The second-order valence-corrected chi connectivity index (χ2v) is 10.5. The van der Waals surface area contributed by atoms with Crippen LogP contribution in [0.15, 0.2) is 103 Å². The highest BCUT2D eigenvalue weighted by Gasteiger charge is 2.45. The summed E-state index contributed by atoms with van der Waals surface area (Å²) in [6.45, 7) is 3.67. The lowest BCUT2D eigenvalue weighted by molar-refractivity contribution is -0.148. The molecule has 46 heavy (non-hydrogen) atoms. The third-order valence-electron chi connectivity index (χ3n) is 7.32. The number of benzene rings is 2. The standard InChI is InChI=1S/C32H29N5O9/c1-3-41-29-35-32(2)15-6-9-25(28(38)43-19-44-31(40)42-18-22-14-16-33-45-22)26(32)37(29)17-20-10-12-21(13-11-20)23-7-4-5-8-24(23)27-34-30(39)46-36-27/h4-14,16H,3,15,17-19H2,1-2H3,(H,34,36,39). The average Bonchev–Trinajstić information content (AvgIpc) is 3.80. The van der Waals surface area contributed by atoms with E-state index < -0.39 is 30.2 Å². The number of nitrogens with one attached hydrogen (secondary N) is 1. The topological polar surface area (TPSA) is 172 Å². The monoisotopic (exact) mass is 627 g/mol. The number of rotatable bonds is 10. The molecule has 14 heteroatoms. The molecule has 0 fully saturated rings. The zero-order valence-electron chi connectivity index (χ0n) is 24.9. The van der Waals surface area contributed by atoms with Crippen molar-refractivity contribution in [3.8, 4) is 22.5 Å². The van der Waals surface area contributed by atoms with Gasteiger partial charge in [-0.05, 0) is 43.0 Å². The van der Waals surface area contributed by atoms with Crippen molar-refractivity contribution in [3.05, 3.63) is 106 Å². The number of esters is 1. The van der Waals surface area contributed by atoms with Gasteiger partial charge in [-0.25, -0.2) is 19.4 Å². The molecule has 0 saturated heterocycles. The molecule has 4 aromatic rings. The van der Waals surface area contributed by atoms with Crippen LogP contribution >= 0.6 is 0 Å². The molecular formula is C32H29N5O9. The Morgan fingerprint density at radius 1 is 1.02 bits per heavy atom. The van der Waals surface area contributed by atoms with Gasteiger partial charge in [0.05, 0.1) is 30.6 Å². The smallest absolute Gasteiger partial charge is 0.465 e. The van der Waals surface area contributed by atoms with Crippen LogP contribution in [0.3, 0.4) is 0 Å². The normalized spacial score (nSPS) is 17.0. The van der Waals surface area contributed by atoms with E-state index in [2.05, 4.69) is 15.3 Å². The molecule has 0 radical (unpaired) electrons. The Bertz CT molecular complexity index is 1870. The van der Waals surface area contributed by atoms with E-state index in [1.54, 1.807) is 6.08 Å². The highest BCUT2D eigenvalue weighted by atomic mass is 16.8. The highest BCUT2D eigenvalue weighted by molar-refractivity contribution is 5.96.